The molecule has 10 rings (SSSR count). The maximum absolute atomic E-state index is 13.7. The van der Waals surface area contributed by atoms with Gasteiger partial charge in [0.1, 0.15) is 34.6 Å². The zero-order valence-electron chi connectivity index (χ0n) is 38.3. The fourth-order valence-corrected chi connectivity index (χ4v) is 8.11. The molecule has 8 aromatic rings. The zero-order chi connectivity index (χ0) is 50.1. The molecule has 0 N–H and O–H groups in total. The second-order valence-corrected chi connectivity index (χ2v) is 16.7. The predicted octanol–water partition coefficient (Wildman–Crippen LogP) is 11.2. The van der Waals surface area contributed by atoms with Crippen LogP contribution >= 0.6 is 0 Å². The monoisotopic (exact) mass is 960 g/mol. The van der Waals surface area contributed by atoms with Crippen LogP contribution in [0.25, 0.3) is 0 Å². The molecule has 0 saturated heterocycles. The van der Waals surface area contributed by atoms with Gasteiger partial charge in [0.05, 0.1) is 33.4 Å². The second-order valence-electron chi connectivity index (χ2n) is 16.7. The lowest BCUT2D eigenvalue weighted by Gasteiger charge is -2.14. The van der Waals surface area contributed by atoms with Gasteiger partial charge in [-0.2, -0.15) is 0 Å². The summed E-state index contributed by atoms with van der Waals surface area (Å²) in [5, 5.41) is 0. The maximum Gasteiger partial charge on any atom is 0.346 e. The van der Waals surface area contributed by atoms with E-state index in [-0.39, 0.29) is 46.3 Å². The van der Waals surface area contributed by atoms with Gasteiger partial charge in [-0.25, -0.2) is 18.4 Å². The Labute approximate surface area is 412 Å². The number of amides is 4. The number of carbonyl (C=O) groups excluding carboxylic acids is 6. The van der Waals surface area contributed by atoms with Crippen molar-refractivity contribution in [3.8, 4) is 23.0 Å². The number of rotatable bonds is 14. The molecule has 8 aromatic carbocycles. The molecule has 0 spiro atoms. The minimum atomic E-state index is -0.803. The normalized spacial score (nSPS) is 12.5. The number of ether oxygens (including phenoxy) is 3. The average molecular weight is 961 g/mol. The molecule has 0 radical (unpaired) electrons. The molecule has 0 atom stereocenters. The van der Waals surface area contributed by atoms with Crippen LogP contribution in [0.2, 0.25) is 0 Å². The highest BCUT2D eigenvalue weighted by atomic mass is 19.1. The number of nitrogens with zero attached hydrogens (tertiary/aromatic N) is 2. The molecule has 2 heterocycles. The average Bonchev–Trinajstić information content (AvgIpc) is 3.79. The van der Waals surface area contributed by atoms with Crippen LogP contribution in [0, 0.1) is 11.6 Å². The molecule has 2 aliphatic rings. The van der Waals surface area contributed by atoms with Crippen LogP contribution in [0.1, 0.15) is 84.4 Å². The van der Waals surface area contributed by atoms with Crippen molar-refractivity contribution in [3.05, 3.63) is 261 Å². The minimum Gasteiger partial charge on any atom is -0.457 e. The van der Waals surface area contributed by atoms with Crippen LogP contribution in [-0.4, -0.2) is 58.5 Å². The van der Waals surface area contributed by atoms with E-state index in [4.69, 9.17) is 14.2 Å². The fourth-order valence-electron chi connectivity index (χ4n) is 8.11. The number of halogens is 2. The van der Waals surface area contributed by atoms with Crippen LogP contribution in [0.15, 0.2) is 194 Å². The third-order valence-electron chi connectivity index (χ3n) is 12.0. The highest BCUT2D eigenvalue weighted by Crippen LogP contribution is 2.28. The van der Waals surface area contributed by atoms with Gasteiger partial charge in [-0.05, 0) is 139 Å². The van der Waals surface area contributed by atoms with E-state index in [0.29, 0.717) is 59.7 Å². The summed E-state index contributed by atoms with van der Waals surface area (Å²) >= 11 is 0. The lowest BCUT2D eigenvalue weighted by atomic mass is 10.0. The van der Waals surface area contributed by atoms with Crippen molar-refractivity contribution in [2.45, 2.75) is 19.3 Å². The van der Waals surface area contributed by atoms with Crippen molar-refractivity contribution < 1.29 is 51.8 Å². The number of esters is 2. The van der Waals surface area contributed by atoms with Gasteiger partial charge >= 0.3 is 11.9 Å². The molecule has 0 aromatic heterocycles. The fraction of sp³-hybridized carbons (Fsp3) is 0.0847. The summed E-state index contributed by atoms with van der Waals surface area (Å²) in [5.41, 5.74) is 6.07. The Bertz CT molecular complexity index is 3050. The van der Waals surface area contributed by atoms with E-state index in [1.165, 1.54) is 81.6 Å². The SMILES string of the molecule is O=C(Oc1ccc(Oc2ccc(OC(=O)c3ccccc3F)cc2)cc1)c1ccccc1F.O=C1c2ccccc2C(=O)N1CCc1ccc(Cc2ccc(CCN3C(=O)c4ccccc4C3=O)cc2)cc1. The first kappa shape index (κ1) is 47.7. The molecule has 0 bridgehead atoms. The van der Waals surface area contributed by atoms with E-state index in [9.17, 15) is 37.5 Å². The van der Waals surface area contributed by atoms with Crippen LogP contribution in [0.5, 0.6) is 23.0 Å². The van der Waals surface area contributed by atoms with Gasteiger partial charge in [0.15, 0.2) is 0 Å². The molecule has 11 nitrogen and oxygen atoms in total. The molecule has 0 fully saturated rings. The molecule has 0 unspecified atom stereocenters. The summed E-state index contributed by atoms with van der Waals surface area (Å²) in [7, 11) is 0. The molecule has 4 amide bonds. The van der Waals surface area contributed by atoms with E-state index in [1.54, 1.807) is 84.9 Å². The predicted molar refractivity (Wildman–Crippen MR) is 262 cm³/mol. The minimum absolute atomic E-state index is 0.159. The smallest absolute Gasteiger partial charge is 0.346 e. The lowest BCUT2D eigenvalue weighted by Crippen LogP contribution is -2.31. The van der Waals surface area contributed by atoms with Gasteiger partial charge in [0.2, 0.25) is 0 Å². The third kappa shape index (κ3) is 10.9. The van der Waals surface area contributed by atoms with Crippen LogP contribution in [0.3, 0.4) is 0 Å². The van der Waals surface area contributed by atoms with Crippen LogP contribution in [-0.2, 0) is 19.3 Å². The molecule has 72 heavy (non-hydrogen) atoms. The molecule has 356 valence electrons. The number of carbonyl (C=O) groups is 6. The molecule has 2 aliphatic heterocycles. The summed E-state index contributed by atoms with van der Waals surface area (Å²) in [5.74, 6) is -2.45. The Hall–Kier alpha value is -9.36. The van der Waals surface area contributed by atoms with Crippen molar-refractivity contribution in [2.24, 2.45) is 0 Å². The topological polar surface area (TPSA) is 137 Å². The summed E-state index contributed by atoms with van der Waals surface area (Å²) in [6.45, 7) is 0.710. The summed E-state index contributed by atoms with van der Waals surface area (Å²) < 4.78 is 43.4. The van der Waals surface area contributed by atoms with Crippen LogP contribution in [0.4, 0.5) is 8.78 Å². The van der Waals surface area contributed by atoms with E-state index >= 15 is 0 Å². The summed E-state index contributed by atoms with van der Waals surface area (Å²) in [6.07, 6.45) is 1.98. The van der Waals surface area contributed by atoms with Crippen molar-refractivity contribution in [1.29, 1.82) is 0 Å². The first-order chi connectivity index (χ1) is 35.0. The van der Waals surface area contributed by atoms with Crippen molar-refractivity contribution in [3.63, 3.8) is 0 Å². The largest absolute Gasteiger partial charge is 0.457 e. The Morgan fingerprint density at radius 2 is 0.653 bits per heavy atom. The Kier molecular flexibility index (Phi) is 14.3. The Morgan fingerprint density at radius 3 is 0.986 bits per heavy atom. The van der Waals surface area contributed by atoms with Gasteiger partial charge < -0.3 is 14.2 Å². The number of fused-ring (bicyclic) bond motifs is 2. The number of hydrogen-bond donors (Lipinski definition) is 0. The van der Waals surface area contributed by atoms with E-state index in [0.717, 1.165) is 17.5 Å². The van der Waals surface area contributed by atoms with Crippen LogP contribution < -0.4 is 14.2 Å². The molecule has 0 saturated carbocycles. The number of imide groups is 2. The first-order valence-corrected chi connectivity index (χ1v) is 22.9. The van der Waals surface area contributed by atoms with Gasteiger partial charge in [0, 0.05) is 13.1 Å². The van der Waals surface area contributed by atoms with Gasteiger partial charge in [-0.15, -0.1) is 0 Å². The Balaban J connectivity index is 0.000000181. The lowest BCUT2D eigenvalue weighted by molar-refractivity contribution is 0.0640. The molecule has 13 heteroatoms. The molecule has 0 aliphatic carbocycles. The van der Waals surface area contributed by atoms with Gasteiger partial charge in [0.25, 0.3) is 23.6 Å². The maximum atomic E-state index is 13.7. The summed E-state index contributed by atoms with van der Waals surface area (Å²) in [6, 6.07) is 53.9. The van der Waals surface area contributed by atoms with E-state index < -0.39 is 23.6 Å². The second kappa shape index (κ2) is 21.5. The van der Waals surface area contributed by atoms with E-state index in [2.05, 4.69) is 24.3 Å². The van der Waals surface area contributed by atoms with Gasteiger partial charge in [-0.3, -0.25) is 29.0 Å². The molecular weight excluding hydrogens is 919 g/mol. The molecular formula is C59H42F2N2O9. The third-order valence-corrected chi connectivity index (χ3v) is 12.0. The van der Waals surface area contributed by atoms with Crippen molar-refractivity contribution in [1.82, 2.24) is 9.80 Å². The highest BCUT2D eigenvalue weighted by molar-refractivity contribution is 6.22. The zero-order valence-corrected chi connectivity index (χ0v) is 38.3. The number of benzene rings is 8. The van der Waals surface area contributed by atoms with Crippen molar-refractivity contribution >= 4 is 35.6 Å². The summed E-state index contributed by atoms with van der Waals surface area (Å²) in [4.78, 5) is 77.1. The van der Waals surface area contributed by atoms with Crippen molar-refractivity contribution in [2.75, 3.05) is 13.1 Å². The van der Waals surface area contributed by atoms with Gasteiger partial charge in [-0.1, -0.05) is 97.1 Å². The van der Waals surface area contributed by atoms with E-state index in [1.807, 2.05) is 24.3 Å². The Morgan fingerprint density at radius 1 is 0.361 bits per heavy atom. The first-order valence-electron chi connectivity index (χ1n) is 22.9. The standard InChI is InChI=1S/C33H26N2O4.C26H16F2O5/c36-30-26-5-1-2-6-27(26)31(37)34(30)19-17-22-9-13-24(14-10-22)21-25-15-11-23(12-16-25)18-20-35-32(38)28-7-3-4-8-29(28)33(35)39;27-23-7-3-1-5-21(23)25(29)32-19-13-9-17(10-14-19)31-18-11-15-20(16-12-18)33-26(30)22-6-2-4-8-24(22)28/h1-16H,17-21H2;1-16H. The number of hydrogen-bond acceptors (Lipinski definition) is 9. The highest BCUT2D eigenvalue weighted by Gasteiger charge is 2.35. The quantitative estimate of drug-likeness (QED) is 0.0592.